The number of nitrogens with one attached hydrogen (secondary N) is 2. The van der Waals surface area contributed by atoms with Crippen molar-refractivity contribution in [3.8, 4) is 17.0 Å². The molecule has 0 unspecified atom stereocenters. The van der Waals surface area contributed by atoms with E-state index in [1.54, 1.807) is 29.3 Å². The fraction of sp³-hybridized carbons (Fsp3) is 0.200. The monoisotopic (exact) mass is 455 g/mol. The van der Waals surface area contributed by atoms with E-state index >= 15 is 0 Å². The first-order valence-electron chi connectivity index (χ1n) is 9.53. The number of aliphatic hydroxyl groups is 1. The van der Waals surface area contributed by atoms with Crippen LogP contribution in [0.15, 0.2) is 49.2 Å². The molecule has 0 radical (unpaired) electrons. The molecule has 12 heteroatoms. The van der Waals surface area contributed by atoms with E-state index in [0.717, 1.165) is 28.4 Å². The number of methoxy groups -OCH3 is 1. The Morgan fingerprint density at radius 2 is 1.97 bits per heavy atom. The summed E-state index contributed by atoms with van der Waals surface area (Å²) in [4.78, 5) is 12.9. The van der Waals surface area contributed by atoms with Crippen LogP contribution in [0, 0.1) is 0 Å². The van der Waals surface area contributed by atoms with E-state index in [2.05, 4.69) is 30.1 Å². The van der Waals surface area contributed by atoms with Gasteiger partial charge in [0.25, 0.3) is 0 Å². The molecular weight excluding hydrogens is 434 g/mol. The van der Waals surface area contributed by atoms with Crippen LogP contribution in [-0.4, -0.2) is 58.2 Å². The van der Waals surface area contributed by atoms with Crippen LogP contribution >= 0.6 is 0 Å². The van der Waals surface area contributed by atoms with Gasteiger partial charge in [0.05, 0.1) is 43.9 Å². The second kappa shape index (κ2) is 8.77. The van der Waals surface area contributed by atoms with E-state index in [0.29, 0.717) is 17.9 Å². The van der Waals surface area contributed by atoms with E-state index in [4.69, 9.17) is 9.84 Å². The predicted molar refractivity (Wildman–Crippen MR) is 120 cm³/mol. The average Bonchev–Trinajstić information content (AvgIpc) is 3.20. The van der Waals surface area contributed by atoms with Gasteiger partial charge in [-0.15, -0.1) is 0 Å². The summed E-state index contributed by atoms with van der Waals surface area (Å²) in [5.74, 6) is 0.752. The standard InChI is InChI=1S/C20H21N7O4S/c1-31-20-18(26-32(2,29)30)8-14(9-21-20)13-3-4-17-16(7-13)19(23-12-22-17)25-15-10-24-27(11-15)5-6-28/h3-4,7-12,26,28H,5-6H2,1-2H3,(H,22,23,25). The molecule has 3 heterocycles. The molecule has 3 N–H and O–H groups in total. The third-order valence-corrected chi connectivity index (χ3v) is 5.12. The van der Waals surface area contributed by atoms with E-state index < -0.39 is 10.0 Å². The molecule has 11 nitrogen and oxygen atoms in total. The zero-order valence-electron chi connectivity index (χ0n) is 17.3. The van der Waals surface area contributed by atoms with Crippen LogP contribution in [0.3, 0.4) is 0 Å². The molecule has 166 valence electrons. The Bertz CT molecular complexity index is 1370. The van der Waals surface area contributed by atoms with Crippen molar-refractivity contribution in [1.82, 2.24) is 24.7 Å². The SMILES string of the molecule is COc1ncc(-c2ccc3ncnc(Nc4cnn(CCO)c4)c3c2)cc1NS(C)(=O)=O. The van der Waals surface area contributed by atoms with E-state index in [-0.39, 0.29) is 18.2 Å². The quantitative estimate of drug-likeness (QED) is 0.363. The van der Waals surface area contributed by atoms with Gasteiger partial charge >= 0.3 is 0 Å². The molecule has 0 saturated heterocycles. The van der Waals surface area contributed by atoms with Gasteiger partial charge in [-0.2, -0.15) is 5.10 Å². The number of nitrogens with zero attached hydrogens (tertiary/aromatic N) is 5. The van der Waals surface area contributed by atoms with E-state index in [1.165, 1.54) is 13.4 Å². The minimum absolute atomic E-state index is 0.00695. The molecule has 4 rings (SSSR count). The summed E-state index contributed by atoms with van der Waals surface area (Å²) in [7, 11) is -2.09. The number of hydrogen-bond donors (Lipinski definition) is 3. The lowest BCUT2D eigenvalue weighted by Crippen LogP contribution is -2.11. The number of sulfonamides is 1. The summed E-state index contributed by atoms with van der Waals surface area (Å²) >= 11 is 0. The third-order valence-electron chi connectivity index (χ3n) is 4.53. The normalized spacial score (nSPS) is 11.5. The molecule has 0 aliphatic rings. The van der Waals surface area contributed by atoms with Crippen LogP contribution in [0.4, 0.5) is 17.2 Å². The van der Waals surface area contributed by atoms with Crippen LogP contribution in [0.2, 0.25) is 0 Å². The number of aliphatic hydroxyl groups excluding tert-OH is 1. The first kappa shape index (κ1) is 21.5. The zero-order chi connectivity index (χ0) is 22.7. The fourth-order valence-corrected chi connectivity index (χ4v) is 3.72. The molecule has 4 aromatic rings. The Hall–Kier alpha value is -3.77. The number of benzene rings is 1. The number of pyridine rings is 1. The maximum absolute atomic E-state index is 11.7. The Morgan fingerprint density at radius 1 is 1.12 bits per heavy atom. The lowest BCUT2D eigenvalue weighted by Gasteiger charge is -2.12. The molecule has 0 saturated carbocycles. The highest BCUT2D eigenvalue weighted by atomic mass is 32.2. The number of aromatic nitrogens is 5. The molecule has 0 atom stereocenters. The van der Waals surface area contributed by atoms with Crippen molar-refractivity contribution in [2.75, 3.05) is 30.0 Å². The lowest BCUT2D eigenvalue weighted by molar-refractivity contribution is 0.269. The smallest absolute Gasteiger partial charge is 0.238 e. The summed E-state index contributed by atoms with van der Waals surface area (Å²) in [6.07, 6.45) is 7.54. The molecule has 0 amide bonds. The van der Waals surface area contributed by atoms with E-state index in [9.17, 15) is 8.42 Å². The summed E-state index contributed by atoms with van der Waals surface area (Å²) in [6.45, 7) is 0.387. The maximum atomic E-state index is 11.7. The largest absolute Gasteiger partial charge is 0.480 e. The highest BCUT2D eigenvalue weighted by Crippen LogP contribution is 2.32. The van der Waals surface area contributed by atoms with Crippen molar-refractivity contribution < 1.29 is 18.3 Å². The lowest BCUT2D eigenvalue weighted by atomic mass is 10.0. The van der Waals surface area contributed by atoms with Crippen molar-refractivity contribution in [3.63, 3.8) is 0 Å². The van der Waals surface area contributed by atoms with Gasteiger partial charge in [0.15, 0.2) is 0 Å². The Kier molecular flexibility index (Phi) is 5.88. The molecule has 1 aromatic carbocycles. The molecule has 0 fully saturated rings. The highest BCUT2D eigenvalue weighted by Gasteiger charge is 2.13. The topological polar surface area (TPSA) is 144 Å². The van der Waals surface area contributed by atoms with Gasteiger partial charge in [-0.1, -0.05) is 6.07 Å². The zero-order valence-corrected chi connectivity index (χ0v) is 18.2. The number of ether oxygens (including phenoxy) is 1. The van der Waals surface area contributed by atoms with Gasteiger partial charge in [-0.25, -0.2) is 23.4 Å². The third kappa shape index (κ3) is 4.76. The van der Waals surface area contributed by atoms with Gasteiger partial charge in [0.2, 0.25) is 15.9 Å². The predicted octanol–water partition coefficient (Wildman–Crippen LogP) is 2.00. The van der Waals surface area contributed by atoms with Crippen molar-refractivity contribution >= 4 is 38.1 Å². The minimum atomic E-state index is -3.51. The van der Waals surface area contributed by atoms with Gasteiger partial charge in [-0.05, 0) is 23.8 Å². The number of fused-ring (bicyclic) bond motifs is 1. The summed E-state index contributed by atoms with van der Waals surface area (Å²) < 4.78 is 32.6. The number of rotatable bonds is 8. The Morgan fingerprint density at radius 3 is 2.72 bits per heavy atom. The first-order chi connectivity index (χ1) is 15.4. The summed E-state index contributed by atoms with van der Waals surface area (Å²) in [6, 6.07) is 7.26. The van der Waals surface area contributed by atoms with Crippen LogP contribution in [0.5, 0.6) is 5.88 Å². The summed E-state index contributed by atoms with van der Waals surface area (Å²) in [5, 5.41) is 17.2. The van der Waals surface area contributed by atoms with Crippen LogP contribution in [0.1, 0.15) is 0 Å². The maximum Gasteiger partial charge on any atom is 0.238 e. The molecule has 32 heavy (non-hydrogen) atoms. The second-order valence-corrected chi connectivity index (χ2v) is 8.70. The molecule has 0 aliphatic carbocycles. The number of hydrogen-bond acceptors (Lipinski definition) is 9. The van der Waals surface area contributed by atoms with Crippen LogP contribution in [0.25, 0.3) is 22.0 Å². The van der Waals surface area contributed by atoms with Crippen molar-refractivity contribution in [2.24, 2.45) is 0 Å². The van der Waals surface area contributed by atoms with Crippen LogP contribution < -0.4 is 14.8 Å². The molecule has 3 aromatic heterocycles. The van der Waals surface area contributed by atoms with Crippen molar-refractivity contribution in [3.05, 3.63) is 49.2 Å². The first-order valence-corrected chi connectivity index (χ1v) is 11.4. The average molecular weight is 456 g/mol. The van der Waals surface area contributed by atoms with Gasteiger partial charge < -0.3 is 15.2 Å². The Balaban J connectivity index is 1.73. The molecule has 0 aliphatic heterocycles. The fourth-order valence-electron chi connectivity index (χ4n) is 3.17. The van der Waals surface area contributed by atoms with Crippen molar-refractivity contribution in [2.45, 2.75) is 6.54 Å². The Labute approximate surface area is 184 Å². The number of anilines is 3. The van der Waals surface area contributed by atoms with E-state index in [1.807, 2.05) is 18.2 Å². The molecular formula is C20H21N7O4S. The van der Waals surface area contributed by atoms with Crippen molar-refractivity contribution in [1.29, 1.82) is 0 Å². The van der Waals surface area contributed by atoms with Crippen LogP contribution in [-0.2, 0) is 16.6 Å². The minimum Gasteiger partial charge on any atom is -0.480 e. The van der Waals surface area contributed by atoms with Gasteiger partial charge in [0.1, 0.15) is 17.8 Å². The van der Waals surface area contributed by atoms with Gasteiger partial charge in [0, 0.05) is 23.3 Å². The highest BCUT2D eigenvalue weighted by molar-refractivity contribution is 7.92. The molecule has 0 bridgehead atoms. The molecule has 0 spiro atoms. The van der Waals surface area contributed by atoms with Gasteiger partial charge in [-0.3, -0.25) is 9.40 Å². The second-order valence-electron chi connectivity index (χ2n) is 6.95. The summed E-state index contributed by atoms with van der Waals surface area (Å²) in [5.41, 5.74) is 3.16.